The molecular weight excluding hydrogens is 221 g/mol. The number of carbonyl (C=O) groups is 1. The van der Waals surface area contributed by atoms with Gasteiger partial charge in [0.2, 0.25) is 0 Å². The van der Waals surface area contributed by atoms with E-state index < -0.39 is 34.4 Å². The number of pyridine rings is 1. The van der Waals surface area contributed by atoms with E-state index in [1.165, 1.54) is 0 Å². The van der Waals surface area contributed by atoms with Crippen LogP contribution in [0.15, 0.2) is 6.20 Å². The smallest absolute Gasteiger partial charge is 0.268 e. The van der Waals surface area contributed by atoms with Gasteiger partial charge in [-0.2, -0.15) is 0 Å². The average Bonchev–Trinajstić information content (AvgIpc) is 2.02. The van der Waals surface area contributed by atoms with Gasteiger partial charge in [0.05, 0.1) is 5.56 Å². The van der Waals surface area contributed by atoms with Gasteiger partial charge in [-0.1, -0.05) is 0 Å². The number of nitrogen functional groups attached to an aromatic ring is 1. The van der Waals surface area contributed by atoms with Crippen molar-refractivity contribution in [2.45, 2.75) is 6.43 Å². The van der Waals surface area contributed by atoms with Crippen LogP contribution in [0.3, 0.4) is 0 Å². The minimum atomic E-state index is -3.07. The van der Waals surface area contributed by atoms with Crippen molar-refractivity contribution >= 4 is 22.7 Å². The van der Waals surface area contributed by atoms with Crippen molar-refractivity contribution in [3.63, 3.8) is 0 Å². The molecule has 0 atom stereocenters. The van der Waals surface area contributed by atoms with E-state index in [1.807, 2.05) is 0 Å². The first-order valence-electron chi connectivity index (χ1n) is 3.37. The fourth-order valence-corrected chi connectivity index (χ4v) is 1.04. The van der Waals surface area contributed by atoms with E-state index in [1.54, 1.807) is 0 Å². The van der Waals surface area contributed by atoms with Crippen molar-refractivity contribution in [3.8, 4) is 0 Å². The summed E-state index contributed by atoms with van der Waals surface area (Å²) in [6.45, 7) is 0. The van der Waals surface area contributed by atoms with E-state index in [4.69, 9.17) is 17.3 Å². The molecule has 0 bridgehead atoms. The number of aromatic nitrogens is 1. The third kappa shape index (κ3) is 1.79. The van der Waals surface area contributed by atoms with Gasteiger partial charge in [-0.15, -0.1) is 0 Å². The average molecular weight is 225 g/mol. The van der Waals surface area contributed by atoms with Gasteiger partial charge in [0, 0.05) is 6.20 Å². The van der Waals surface area contributed by atoms with E-state index >= 15 is 0 Å². The van der Waals surface area contributed by atoms with Crippen LogP contribution in [0.5, 0.6) is 0 Å². The third-order valence-electron chi connectivity index (χ3n) is 1.50. The summed E-state index contributed by atoms with van der Waals surface area (Å²) in [4.78, 5) is 13.9. The predicted octanol–water partition coefficient (Wildman–Crippen LogP) is 2.12. The zero-order valence-corrected chi connectivity index (χ0v) is 7.36. The van der Waals surface area contributed by atoms with E-state index in [0.29, 0.717) is 6.20 Å². The lowest BCUT2D eigenvalue weighted by atomic mass is 10.2. The highest BCUT2D eigenvalue weighted by molar-refractivity contribution is 6.68. The lowest BCUT2D eigenvalue weighted by molar-refractivity contribution is 0.107. The summed E-state index contributed by atoms with van der Waals surface area (Å²) in [5.74, 6) is -1.93. The molecule has 14 heavy (non-hydrogen) atoms. The lowest BCUT2D eigenvalue weighted by Crippen LogP contribution is -2.07. The number of halogens is 4. The van der Waals surface area contributed by atoms with Crippen LogP contribution >= 0.6 is 11.6 Å². The predicted molar refractivity (Wildman–Crippen MR) is 43.7 cm³/mol. The van der Waals surface area contributed by atoms with Crippen LogP contribution < -0.4 is 5.73 Å². The highest BCUT2D eigenvalue weighted by atomic mass is 35.5. The maximum atomic E-state index is 13.1. The number of nitrogens with two attached hydrogens (primary N) is 1. The van der Waals surface area contributed by atoms with Gasteiger partial charge in [0.25, 0.3) is 11.7 Å². The maximum absolute atomic E-state index is 13.1. The molecule has 0 aliphatic heterocycles. The Morgan fingerprint density at radius 1 is 1.57 bits per heavy atom. The molecule has 2 N–H and O–H groups in total. The number of carbonyl (C=O) groups excluding carboxylic acids is 1. The molecule has 1 rings (SSSR count). The SMILES string of the molecule is Nc1ncc(C(F)F)c(F)c1C(=O)Cl. The van der Waals surface area contributed by atoms with E-state index in [2.05, 4.69) is 4.98 Å². The summed E-state index contributed by atoms with van der Waals surface area (Å²) in [5.41, 5.74) is 3.28. The minimum Gasteiger partial charge on any atom is -0.383 e. The van der Waals surface area contributed by atoms with Gasteiger partial charge in [0.1, 0.15) is 17.2 Å². The van der Waals surface area contributed by atoms with Gasteiger partial charge in [-0.3, -0.25) is 4.79 Å². The Labute approximate surface area is 81.7 Å². The molecule has 0 amide bonds. The molecule has 76 valence electrons. The molecule has 0 saturated carbocycles. The molecular formula is C7H4ClF3N2O. The van der Waals surface area contributed by atoms with Gasteiger partial charge >= 0.3 is 0 Å². The second kappa shape index (κ2) is 3.83. The first-order chi connectivity index (χ1) is 6.45. The van der Waals surface area contributed by atoms with Crippen LogP contribution in [0.1, 0.15) is 22.3 Å². The fraction of sp³-hybridized carbons (Fsp3) is 0.143. The summed E-state index contributed by atoms with van der Waals surface area (Å²) < 4.78 is 37.4. The van der Waals surface area contributed by atoms with Crippen LogP contribution in [0.25, 0.3) is 0 Å². The van der Waals surface area contributed by atoms with E-state index in [0.717, 1.165) is 0 Å². The number of hydrogen-bond acceptors (Lipinski definition) is 3. The van der Waals surface area contributed by atoms with Crippen molar-refractivity contribution < 1.29 is 18.0 Å². The largest absolute Gasteiger partial charge is 0.383 e. The number of rotatable bonds is 2. The Morgan fingerprint density at radius 3 is 2.57 bits per heavy atom. The molecule has 0 aliphatic rings. The molecule has 0 saturated heterocycles. The third-order valence-corrected chi connectivity index (χ3v) is 1.69. The highest BCUT2D eigenvalue weighted by Crippen LogP contribution is 2.26. The first-order valence-corrected chi connectivity index (χ1v) is 3.74. The Kier molecular flexibility index (Phi) is 2.95. The Morgan fingerprint density at radius 2 is 2.14 bits per heavy atom. The standard InChI is InChI=1S/C7H4ClF3N2O/c8-5(14)3-4(9)2(6(10)11)1-13-7(3)12/h1,6H,(H2,12,13). The molecule has 0 radical (unpaired) electrons. The van der Waals surface area contributed by atoms with Gasteiger partial charge in [-0.25, -0.2) is 18.2 Å². The van der Waals surface area contributed by atoms with Crippen LogP contribution in [-0.4, -0.2) is 10.2 Å². The Bertz CT molecular complexity index is 383. The Hall–Kier alpha value is -1.30. The Balaban J connectivity index is 3.41. The molecule has 1 aromatic rings. The molecule has 0 unspecified atom stereocenters. The lowest BCUT2D eigenvalue weighted by Gasteiger charge is -2.05. The van der Waals surface area contributed by atoms with E-state index in [-0.39, 0.29) is 0 Å². The van der Waals surface area contributed by atoms with Crippen molar-refractivity contribution in [1.29, 1.82) is 0 Å². The number of anilines is 1. The zero-order valence-electron chi connectivity index (χ0n) is 6.60. The van der Waals surface area contributed by atoms with Gasteiger partial charge in [-0.05, 0) is 11.6 Å². The number of hydrogen-bond donors (Lipinski definition) is 1. The molecule has 0 fully saturated rings. The second-order valence-corrected chi connectivity index (χ2v) is 2.71. The van der Waals surface area contributed by atoms with E-state index in [9.17, 15) is 18.0 Å². The zero-order chi connectivity index (χ0) is 10.9. The van der Waals surface area contributed by atoms with Crippen LogP contribution in [0.2, 0.25) is 0 Å². The summed E-state index contributed by atoms with van der Waals surface area (Å²) in [6.07, 6.45) is -2.50. The molecule has 1 aromatic heterocycles. The van der Waals surface area contributed by atoms with Crippen LogP contribution in [0.4, 0.5) is 19.0 Å². The monoisotopic (exact) mass is 224 g/mol. The van der Waals surface area contributed by atoms with Crippen molar-refractivity contribution in [2.24, 2.45) is 0 Å². The summed E-state index contributed by atoms with van der Waals surface area (Å²) in [5, 5.41) is -1.25. The summed E-state index contributed by atoms with van der Waals surface area (Å²) in [7, 11) is 0. The molecule has 0 aliphatic carbocycles. The topological polar surface area (TPSA) is 56.0 Å². The summed E-state index contributed by atoms with van der Waals surface area (Å²) in [6, 6.07) is 0. The van der Waals surface area contributed by atoms with Crippen LogP contribution in [-0.2, 0) is 0 Å². The highest BCUT2D eigenvalue weighted by Gasteiger charge is 2.22. The molecule has 3 nitrogen and oxygen atoms in total. The van der Waals surface area contributed by atoms with Crippen molar-refractivity contribution in [2.75, 3.05) is 5.73 Å². The van der Waals surface area contributed by atoms with Crippen molar-refractivity contribution in [3.05, 3.63) is 23.1 Å². The normalized spacial score (nSPS) is 10.6. The molecule has 0 spiro atoms. The molecule has 0 aromatic carbocycles. The summed E-state index contributed by atoms with van der Waals surface area (Å²) >= 11 is 4.95. The van der Waals surface area contributed by atoms with Crippen molar-refractivity contribution in [1.82, 2.24) is 4.98 Å². The molecule has 7 heteroatoms. The number of nitrogens with zero attached hydrogens (tertiary/aromatic N) is 1. The maximum Gasteiger partial charge on any atom is 0.268 e. The van der Waals surface area contributed by atoms with Gasteiger partial charge < -0.3 is 5.73 Å². The number of alkyl halides is 2. The quantitative estimate of drug-likeness (QED) is 0.783. The molecule has 1 heterocycles. The van der Waals surface area contributed by atoms with Crippen LogP contribution in [0, 0.1) is 5.82 Å². The van der Waals surface area contributed by atoms with Gasteiger partial charge in [0.15, 0.2) is 0 Å². The minimum absolute atomic E-state index is 0.507. The first kappa shape index (κ1) is 10.8. The second-order valence-electron chi connectivity index (χ2n) is 2.36. The fourth-order valence-electron chi connectivity index (χ4n) is 0.856.